The molecule has 0 aliphatic rings. The molecule has 2 amide bonds. The highest BCUT2D eigenvalue weighted by Gasteiger charge is 2.21. The van der Waals surface area contributed by atoms with Crippen LogP contribution >= 0.6 is 0 Å². The van der Waals surface area contributed by atoms with Crippen LogP contribution in [-0.2, 0) is 16.0 Å². The van der Waals surface area contributed by atoms with Crippen LogP contribution in [0.4, 0.5) is 0 Å². The second kappa shape index (κ2) is 8.94. The first-order valence-corrected chi connectivity index (χ1v) is 8.65. The van der Waals surface area contributed by atoms with Crippen LogP contribution in [0, 0.1) is 11.8 Å². The molecular formula is C21H24N2O3. The van der Waals surface area contributed by atoms with E-state index in [1.807, 2.05) is 36.4 Å². The fourth-order valence-electron chi connectivity index (χ4n) is 2.88. The van der Waals surface area contributed by atoms with Gasteiger partial charge < -0.3 is 11.5 Å². The fourth-order valence-corrected chi connectivity index (χ4v) is 2.88. The monoisotopic (exact) mass is 352 g/mol. The molecule has 5 nitrogen and oxygen atoms in total. The highest BCUT2D eigenvalue weighted by molar-refractivity contribution is 6.09. The van der Waals surface area contributed by atoms with Crippen molar-refractivity contribution in [1.29, 1.82) is 0 Å². The number of hydrogen-bond donors (Lipinski definition) is 2. The molecular weight excluding hydrogens is 328 g/mol. The van der Waals surface area contributed by atoms with Gasteiger partial charge in [0.15, 0.2) is 5.78 Å². The molecule has 2 aromatic carbocycles. The maximum absolute atomic E-state index is 12.5. The SMILES string of the molecule is CC(CC(CCc1cccc(C(=O)c2ccccc2)c1)C(N)=O)C(N)=O. The summed E-state index contributed by atoms with van der Waals surface area (Å²) in [5.74, 6) is -1.74. The summed E-state index contributed by atoms with van der Waals surface area (Å²) in [7, 11) is 0. The van der Waals surface area contributed by atoms with Gasteiger partial charge in [-0.05, 0) is 30.9 Å². The van der Waals surface area contributed by atoms with Gasteiger partial charge in [0.25, 0.3) is 0 Å². The zero-order valence-electron chi connectivity index (χ0n) is 14.9. The molecule has 0 fully saturated rings. The van der Waals surface area contributed by atoms with Crippen molar-refractivity contribution < 1.29 is 14.4 Å². The van der Waals surface area contributed by atoms with E-state index in [9.17, 15) is 14.4 Å². The zero-order valence-corrected chi connectivity index (χ0v) is 14.9. The van der Waals surface area contributed by atoms with Crippen molar-refractivity contribution in [2.75, 3.05) is 0 Å². The maximum Gasteiger partial charge on any atom is 0.220 e. The molecule has 2 aromatic rings. The Morgan fingerprint density at radius 2 is 1.54 bits per heavy atom. The molecule has 0 radical (unpaired) electrons. The molecule has 0 bridgehead atoms. The first-order chi connectivity index (χ1) is 12.4. The smallest absolute Gasteiger partial charge is 0.220 e. The number of benzene rings is 2. The number of ketones is 1. The average molecular weight is 352 g/mol. The van der Waals surface area contributed by atoms with Gasteiger partial charge >= 0.3 is 0 Å². The molecule has 0 aromatic heterocycles. The van der Waals surface area contributed by atoms with E-state index in [0.717, 1.165) is 5.56 Å². The summed E-state index contributed by atoms with van der Waals surface area (Å²) < 4.78 is 0. The molecule has 0 saturated carbocycles. The topological polar surface area (TPSA) is 103 Å². The predicted molar refractivity (Wildman–Crippen MR) is 100 cm³/mol. The molecule has 0 aliphatic heterocycles. The van der Waals surface area contributed by atoms with Gasteiger partial charge in [-0.1, -0.05) is 55.5 Å². The molecule has 0 aliphatic carbocycles. The third kappa shape index (κ3) is 5.28. The van der Waals surface area contributed by atoms with Crippen LogP contribution in [0.25, 0.3) is 0 Å². The lowest BCUT2D eigenvalue weighted by Crippen LogP contribution is -2.30. The second-order valence-corrected chi connectivity index (χ2v) is 6.57. The number of aryl methyl sites for hydroxylation is 1. The van der Waals surface area contributed by atoms with Gasteiger partial charge in [0.2, 0.25) is 11.8 Å². The van der Waals surface area contributed by atoms with Crippen LogP contribution in [-0.4, -0.2) is 17.6 Å². The van der Waals surface area contributed by atoms with Gasteiger partial charge in [0.05, 0.1) is 0 Å². The Bertz CT molecular complexity index is 787. The third-order valence-corrected chi connectivity index (χ3v) is 4.53. The minimum Gasteiger partial charge on any atom is -0.369 e. The summed E-state index contributed by atoms with van der Waals surface area (Å²) in [4.78, 5) is 35.4. The summed E-state index contributed by atoms with van der Waals surface area (Å²) in [6, 6.07) is 16.4. The van der Waals surface area contributed by atoms with Crippen molar-refractivity contribution in [1.82, 2.24) is 0 Å². The molecule has 5 heteroatoms. The van der Waals surface area contributed by atoms with Crippen LogP contribution in [0.1, 0.15) is 41.3 Å². The number of carbonyl (C=O) groups excluding carboxylic acids is 3. The van der Waals surface area contributed by atoms with Gasteiger partial charge in [-0.2, -0.15) is 0 Å². The first-order valence-electron chi connectivity index (χ1n) is 8.65. The first kappa shape index (κ1) is 19.4. The number of carbonyl (C=O) groups is 3. The lowest BCUT2D eigenvalue weighted by Gasteiger charge is -2.16. The second-order valence-electron chi connectivity index (χ2n) is 6.57. The molecule has 0 saturated heterocycles. The van der Waals surface area contributed by atoms with E-state index in [4.69, 9.17) is 11.5 Å². The minimum absolute atomic E-state index is 0.0405. The van der Waals surface area contributed by atoms with Crippen molar-refractivity contribution >= 4 is 17.6 Å². The van der Waals surface area contributed by atoms with Gasteiger partial charge in [-0.15, -0.1) is 0 Å². The van der Waals surface area contributed by atoms with E-state index in [-0.39, 0.29) is 5.78 Å². The Hall–Kier alpha value is -2.95. The number of nitrogens with two attached hydrogens (primary N) is 2. The third-order valence-electron chi connectivity index (χ3n) is 4.53. The van der Waals surface area contributed by atoms with Crippen LogP contribution < -0.4 is 11.5 Å². The summed E-state index contributed by atoms with van der Waals surface area (Å²) in [6.45, 7) is 1.69. The van der Waals surface area contributed by atoms with E-state index in [2.05, 4.69) is 0 Å². The lowest BCUT2D eigenvalue weighted by molar-refractivity contribution is -0.124. The molecule has 2 unspecified atom stereocenters. The van der Waals surface area contributed by atoms with Crippen LogP contribution in [0.5, 0.6) is 0 Å². The summed E-state index contributed by atoms with van der Waals surface area (Å²) in [5, 5.41) is 0. The average Bonchev–Trinajstić information content (AvgIpc) is 2.64. The molecule has 136 valence electrons. The number of hydrogen-bond acceptors (Lipinski definition) is 3. The number of amides is 2. The van der Waals surface area contributed by atoms with Gasteiger partial charge in [-0.3, -0.25) is 14.4 Å². The number of primary amides is 2. The van der Waals surface area contributed by atoms with Crippen molar-refractivity contribution in [2.24, 2.45) is 23.3 Å². The summed E-state index contributed by atoms with van der Waals surface area (Å²) in [5.41, 5.74) is 12.9. The normalized spacial score (nSPS) is 13.0. The van der Waals surface area contributed by atoms with Gasteiger partial charge in [0.1, 0.15) is 0 Å². The molecule has 4 N–H and O–H groups in total. The Morgan fingerprint density at radius 3 is 2.15 bits per heavy atom. The van der Waals surface area contributed by atoms with Crippen LogP contribution in [0.3, 0.4) is 0 Å². The highest BCUT2D eigenvalue weighted by atomic mass is 16.2. The standard InChI is InChI=1S/C21H24N2O3/c1-14(20(22)25)12-18(21(23)26)11-10-15-6-5-9-17(13-15)19(24)16-7-3-2-4-8-16/h2-9,13-14,18H,10-12H2,1H3,(H2,22,25)(H2,23,26). The Labute approximate surface area is 153 Å². The summed E-state index contributed by atoms with van der Waals surface area (Å²) in [6.07, 6.45) is 1.44. The molecule has 2 atom stereocenters. The van der Waals surface area contributed by atoms with E-state index in [1.165, 1.54) is 0 Å². The van der Waals surface area contributed by atoms with E-state index < -0.39 is 23.7 Å². The van der Waals surface area contributed by atoms with Gasteiger partial charge in [-0.25, -0.2) is 0 Å². The van der Waals surface area contributed by atoms with Crippen LogP contribution in [0.2, 0.25) is 0 Å². The quantitative estimate of drug-likeness (QED) is 0.677. The Kier molecular flexibility index (Phi) is 6.67. The maximum atomic E-state index is 12.5. The van der Waals surface area contributed by atoms with Crippen molar-refractivity contribution in [3.8, 4) is 0 Å². The van der Waals surface area contributed by atoms with Crippen molar-refractivity contribution in [2.45, 2.75) is 26.2 Å². The van der Waals surface area contributed by atoms with Crippen molar-refractivity contribution in [3.63, 3.8) is 0 Å². The van der Waals surface area contributed by atoms with E-state index in [0.29, 0.717) is 30.4 Å². The fraction of sp³-hybridized carbons (Fsp3) is 0.286. The van der Waals surface area contributed by atoms with E-state index >= 15 is 0 Å². The zero-order chi connectivity index (χ0) is 19.1. The van der Waals surface area contributed by atoms with E-state index in [1.54, 1.807) is 25.1 Å². The van der Waals surface area contributed by atoms with Crippen LogP contribution in [0.15, 0.2) is 54.6 Å². The van der Waals surface area contributed by atoms with Gasteiger partial charge in [0, 0.05) is 23.0 Å². The molecule has 26 heavy (non-hydrogen) atoms. The Balaban J connectivity index is 2.06. The molecule has 2 rings (SSSR count). The predicted octanol–water partition coefficient (Wildman–Crippen LogP) is 2.46. The lowest BCUT2D eigenvalue weighted by atomic mass is 9.89. The Morgan fingerprint density at radius 1 is 0.885 bits per heavy atom. The van der Waals surface area contributed by atoms with Crippen molar-refractivity contribution in [3.05, 3.63) is 71.3 Å². The number of rotatable bonds is 9. The minimum atomic E-state index is -0.438. The molecule has 0 spiro atoms. The summed E-state index contributed by atoms with van der Waals surface area (Å²) >= 11 is 0. The molecule has 0 heterocycles. The highest BCUT2D eigenvalue weighted by Crippen LogP contribution is 2.19. The largest absolute Gasteiger partial charge is 0.369 e.